The summed E-state index contributed by atoms with van der Waals surface area (Å²) in [6.07, 6.45) is -0.160. The van der Waals surface area contributed by atoms with E-state index < -0.39 is 19.8 Å². The molecule has 0 aliphatic heterocycles. The minimum Gasteiger partial charge on any atom is -0.255 e. The van der Waals surface area contributed by atoms with E-state index in [9.17, 15) is 18.4 Å². The number of alkyl halides is 3. The molecule has 0 aliphatic carbocycles. The molecule has 116 valence electrons. The van der Waals surface area contributed by atoms with E-state index in [0.717, 1.165) is 23.0 Å². The SMILES string of the molecule is C=CCc1c([Si](C)(C)C)n(C#N)c2ccc(C(F)(F)F)cc12. The number of benzene rings is 1. The first-order chi connectivity index (χ1) is 10.1. The summed E-state index contributed by atoms with van der Waals surface area (Å²) >= 11 is 0. The first kappa shape index (κ1) is 16.4. The van der Waals surface area contributed by atoms with Crippen molar-refractivity contribution in [2.24, 2.45) is 0 Å². The van der Waals surface area contributed by atoms with E-state index in [-0.39, 0.29) is 0 Å². The molecule has 0 aliphatic rings. The molecular formula is C16H17F3N2Si. The zero-order valence-electron chi connectivity index (χ0n) is 12.8. The van der Waals surface area contributed by atoms with Crippen molar-refractivity contribution < 1.29 is 13.2 Å². The van der Waals surface area contributed by atoms with Crippen LogP contribution in [0.2, 0.25) is 19.6 Å². The van der Waals surface area contributed by atoms with Crippen LogP contribution in [0.5, 0.6) is 0 Å². The van der Waals surface area contributed by atoms with Gasteiger partial charge in [0.15, 0.2) is 6.19 Å². The van der Waals surface area contributed by atoms with Crippen LogP contribution in [0.1, 0.15) is 11.1 Å². The molecule has 2 nitrogen and oxygen atoms in total. The average molecular weight is 322 g/mol. The van der Waals surface area contributed by atoms with Gasteiger partial charge in [-0.15, -0.1) is 6.58 Å². The lowest BCUT2D eigenvalue weighted by molar-refractivity contribution is -0.137. The zero-order chi connectivity index (χ0) is 16.7. The van der Waals surface area contributed by atoms with Crippen LogP contribution in [0.4, 0.5) is 13.2 Å². The Morgan fingerprint density at radius 3 is 2.41 bits per heavy atom. The van der Waals surface area contributed by atoms with E-state index in [1.165, 1.54) is 10.6 Å². The lowest BCUT2D eigenvalue weighted by atomic mass is 10.1. The van der Waals surface area contributed by atoms with Crippen molar-refractivity contribution >= 4 is 24.3 Å². The number of fused-ring (bicyclic) bond motifs is 1. The Labute approximate surface area is 128 Å². The van der Waals surface area contributed by atoms with Crippen molar-refractivity contribution in [3.05, 3.63) is 42.0 Å². The van der Waals surface area contributed by atoms with E-state index in [4.69, 9.17) is 0 Å². The fourth-order valence-corrected chi connectivity index (χ4v) is 4.76. The molecule has 2 rings (SSSR count). The Hall–Kier alpha value is -2.00. The molecule has 0 radical (unpaired) electrons. The third kappa shape index (κ3) is 2.69. The van der Waals surface area contributed by atoms with E-state index in [2.05, 4.69) is 32.4 Å². The zero-order valence-corrected chi connectivity index (χ0v) is 13.8. The van der Waals surface area contributed by atoms with Crippen molar-refractivity contribution in [2.75, 3.05) is 0 Å². The molecule has 0 amide bonds. The maximum atomic E-state index is 13.0. The molecule has 0 N–H and O–H groups in total. The fraction of sp³-hybridized carbons (Fsp3) is 0.312. The van der Waals surface area contributed by atoms with Crippen LogP contribution in [0.3, 0.4) is 0 Å². The van der Waals surface area contributed by atoms with Crippen LogP contribution in [-0.4, -0.2) is 12.6 Å². The summed E-state index contributed by atoms with van der Waals surface area (Å²) < 4.78 is 40.4. The Balaban J connectivity index is 2.93. The van der Waals surface area contributed by atoms with Crippen LogP contribution in [-0.2, 0) is 12.6 Å². The van der Waals surface area contributed by atoms with Gasteiger partial charge in [0.2, 0.25) is 0 Å². The molecule has 0 atom stereocenters. The minimum absolute atomic E-state index is 0.450. The summed E-state index contributed by atoms with van der Waals surface area (Å²) in [6, 6.07) is 3.56. The first-order valence-corrected chi connectivity index (χ1v) is 10.4. The molecule has 0 saturated heterocycles. The van der Waals surface area contributed by atoms with Crippen LogP contribution in [0.15, 0.2) is 30.9 Å². The highest BCUT2D eigenvalue weighted by Gasteiger charge is 2.33. The monoisotopic (exact) mass is 322 g/mol. The standard InChI is InChI=1S/C16H17F3N2Si/c1-5-6-12-13-9-11(16(17,18)19)7-8-14(13)21(10-20)15(12)22(2,3)4/h5,7-9H,1,6H2,2-4H3. The van der Waals surface area contributed by atoms with Crippen molar-refractivity contribution in [1.82, 2.24) is 4.57 Å². The van der Waals surface area contributed by atoms with Crippen molar-refractivity contribution in [3.8, 4) is 6.19 Å². The molecular weight excluding hydrogens is 305 g/mol. The lowest BCUT2D eigenvalue weighted by Crippen LogP contribution is -2.44. The third-order valence-electron chi connectivity index (χ3n) is 3.56. The number of allylic oxidation sites excluding steroid dienone is 1. The van der Waals surface area contributed by atoms with E-state index in [1.807, 2.05) is 0 Å². The quantitative estimate of drug-likeness (QED) is 0.613. The van der Waals surface area contributed by atoms with E-state index >= 15 is 0 Å². The molecule has 1 aromatic heterocycles. The Morgan fingerprint density at radius 1 is 1.32 bits per heavy atom. The molecule has 6 heteroatoms. The second-order valence-electron chi connectivity index (χ2n) is 6.24. The Morgan fingerprint density at radius 2 is 1.95 bits per heavy atom. The van der Waals surface area contributed by atoms with Gasteiger partial charge >= 0.3 is 6.18 Å². The van der Waals surface area contributed by atoms with Gasteiger partial charge < -0.3 is 0 Å². The van der Waals surface area contributed by atoms with Gasteiger partial charge in [0.1, 0.15) is 8.07 Å². The number of aromatic nitrogens is 1. The summed E-state index contributed by atoms with van der Waals surface area (Å²) in [5.41, 5.74) is 0.629. The maximum absolute atomic E-state index is 13.0. The van der Waals surface area contributed by atoms with Gasteiger partial charge in [0, 0.05) is 10.7 Å². The van der Waals surface area contributed by atoms with Gasteiger partial charge in [-0.05, 0) is 30.2 Å². The number of rotatable bonds is 3. The van der Waals surface area contributed by atoms with Gasteiger partial charge in [-0.3, -0.25) is 4.57 Å². The smallest absolute Gasteiger partial charge is 0.255 e. The van der Waals surface area contributed by atoms with Crippen LogP contribution in [0.25, 0.3) is 10.9 Å². The number of nitriles is 1. The van der Waals surface area contributed by atoms with Gasteiger partial charge in [-0.2, -0.15) is 18.4 Å². The minimum atomic E-state index is -4.40. The van der Waals surface area contributed by atoms with Crippen molar-refractivity contribution in [1.29, 1.82) is 5.26 Å². The molecule has 0 spiro atoms. The molecule has 0 saturated carbocycles. The van der Waals surface area contributed by atoms with Crippen LogP contribution in [0, 0.1) is 11.5 Å². The number of nitrogens with zero attached hydrogens (tertiary/aromatic N) is 2. The predicted molar refractivity (Wildman–Crippen MR) is 84.8 cm³/mol. The maximum Gasteiger partial charge on any atom is 0.416 e. The average Bonchev–Trinajstić information content (AvgIpc) is 2.71. The lowest BCUT2D eigenvalue weighted by Gasteiger charge is -2.18. The summed E-state index contributed by atoms with van der Waals surface area (Å²) in [5, 5.41) is 10.8. The van der Waals surface area contributed by atoms with Gasteiger partial charge in [0.05, 0.1) is 11.1 Å². The Bertz CT molecular complexity index is 774. The van der Waals surface area contributed by atoms with Crippen LogP contribution >= 0.6 is 0 Å². The third-order valence-corrected chi connectivity index (χ3v) is 5.50. The van der Waals surface area contributed by atoms with Crippen LogP contribution < -0.4 is 5.32 Å². The van der Waals surface area contributed by atoms with Gasteiger partial charge in [-0.25, -0.2) is 0 Å². The van der Waals surface area contributed by atoms with Crippen molar-refractivity contribution in [3.63, 3.8) is 0 Å². The summed E-state index contributed by atoms with van der Waals surface area (Å²) in [6.45, 7) is 9.92. The molecule has 0 unspecified atom stereocenters. The summed E-state index contributed by atoms with van der Waals surface area (Å²) in [5.74, 6) is 0. The van der Waals surface area contributed by atoms with Crippen molar-refractivity contribution in [2.45, 2.75) is 32.2 Å². The highest BCUT2D eigenvalue weighted by atomic mass is 28.3. The number of halogens is 3. The molecule has 1 heterocycles. The highest BCUT2D eigenvalue weighted by molar-refractivity contribution is 6.88. The predicted octanol–water partition coefficient (Wildman–Crippen LogP) is 4.26. The Kier molecular flexibility index (Phi) is 3.96. The second-order valence-corrected chi connectivity index (χ2v) is 11.2. The van der Waals surface area contributed by atoms with Gasteiger partial charge in [-0.1, -0.05) is 25.7 Å². The molecule has 2 aromatic rings. The largest absolute Gasteiger partial charge is 0.416 e. The second kappa shape index (κ2) is 5.32. The van der Waals surface area contributed by atoms with Gasteiger partial charge in [0.25, 0.3) is 0 Å². The number of hydrogen-bond donors (Lipinski definition) is 0. The topological polar surface area (TPSA) is 28.7 Å². The molecule has 1 aromatic carbocycles. The first-order valence-electron chi connectivity index (χ1n) is 6.87. The van der Waals surface area contributed by atoms with E-state index in [0.29, 0.717) is 17.3 Å². The molecule has 0 fully saturated rings. The van der Waals surface area contributed by atoms with E-state index in [1.54, 1.807) is 6.08 Å². The number of hydrogen-bond acceptors (Lipinski definition) is 1. The molecule has 0 bridgehead atoms. The molecule has 22 heavy (non-hydrogen) atoms. The summed E-state index contributed by atoms with van der Waals surface area (Å²) in [4.78, 5) is 0. The summed E-state index contributed by atoms with van der Waals surface area (Å²) in [7, 11) is -1.92. The normalized spacial score (nSPS) is 12.4. The highest BCUT2D eigenvalue weighted by Crippen LogP contribution is 2.33. The fourth-order valence-electron chi connectivity index (χ4n) is 2.77.